The maximum absolute atomic E-state index is 5.23. The van der Waals surface area contributed by atoms with Crippen LogP contribution in [-0.2, 0) is 4.74 Å². The maximum Gasteiger partial charge on any atom is 0.0617 e. The highest BCUT2D eigenvalue weighted by Gasteiger charge is 2.12. The predicted octanol–water partition coefficient (Wildman–Crippen LogP) is 0.805. The summed E-state index contributed by atoms with van der Waals surface area (Å²) in [5.41, 5.74) is 0. The molecule has 2 nitrogen and oxygen atoms in total. The van der Waals surface area contributed by atoms with E-state index in [4.69, 9.17) is 4.74 Å². The summed E-state index contributed by atoms with van der Waals surface area (Å²) < 4.78 is 5.23. The van der Waals surface area contributed by atoms with Crippen molar-refractivity contribution < 1.29 is 4.74 Å². The van der Waals surface area contributed by atoms with Crippen molar-refractivity contribution in [1.82, 2.24) is 5.32 Å². The van der Waals surface area contributed by atoms with Crippen LogP contribution in [0.2, 0.25) is 0 Å². The normalized spacial score (nSPS) is 35.3. The van der Waals surface area contributed by atoms with Gasteiger partial charge in [0.25, 0.3) is 0 Å². The second-order valence-electron chi connectivity index (χ2n) is 2.51. The summed E-state index contributed by atoms with van der Waals surface area (Å²) in [6.07, 6.45) is 0. The molecule has 3 heteroatoms. The molecule has 0 aromatic carbocycles. The van der Waals surface area contributed by atoms with Crippen LogP contribution in [0.5, 0.6) is 0 Å². The highest BCUT2D eigenvalue weighted by atomic mass is 35.5. The molecule has 1 saturated heterocycles. The lowest BCUT2D eigenvalue weighted by Gasteiger charge is -2.25. The molecule has 0 unspecified atom stereocenters. The van der Waals surface area contributed by atoms with Crippen molar-refractivity contribution in [1.29, 1.82) is 0 Å². The first-order valence-corrected chi connectivity index (χ1v) is 3.13. The number of ether oxygens (including phenoxy) is 1. The zero-order valence-electron chi connectivity index (χ0n) is 5.89. The molecule has 0 saturated carbocycles. The Balaban J connectivity index is 0.000000640. The van der Waals surface area contributed by atoms with Crippen LogP contribution >= 0.6 is 12.4 Å². The number of rotatable bonds is 0. The number of hydrogen-bond donors (Lipinski definition) is 1. The van der Waals surface area contributed by atoms with Crippen LogP contribution in [0.25, 0.3) is 0 Å². The SMILES string of the molecule is C[C@H]1COC[C@H](C)N1.Cl. The molecule has 0 amide bonds. The van der Waals surface area contributed by atoms with E-state index in [2.05, 4.69) is 19.2 Å². The quantitative estimate of drug-likeness (QED) is 0.553. The van der Waals surface area contributed by atoms with Gasteiger partial charge in [0.15, 0.2) is 0 Å². The van der Waals surface area contributed by atoms with Gasteiger partial charge in [0.05, 0.1) is 13.2 Å². The van der Waals surface area contributed by atoms with Gasteiger partial charge in [-0.2, -0.15) is 0 Å². The summed E-state index contributed by atoms with van der Waals surface area (Å²) in [7, 11) is 0. The van der Waals surface area contributed by atoms with Crippen molar-refractivity contribution >= 4 is 12.4 Å². The van der Waals surface area contributed by atoms with E-state index in [1.165, 1.54) is 0 Å². The Kier molecular flexibility index (Phi) is 4.19. The van der Waals surface area contributed by atoms with Gasteiger partial charge in [0, 0.05) is 12.1 Å². The average Bonchev–Trinajstić information content (AvgIpc) is 1.64. The van der Waals surface area contributed by atoms with Gasteiger partial charge in [-0.05, 0) is 13.8 Å². The molecule has 0 spiro atoms. The van der Waals surface area contributed by atoms with Crippen LogP contribution in [0.3, 0.4) is 0 Å². The summed E-state index contributed by atoms with van der Waals surface area (Å²) in [6.45, 7) is 6.00. The van der Waals surface area contributed by atoms with E-state index in [-0.39, 0.29) is 12.4 Å². The number of nitrogens with one attached hydrogen (secondary N) is 1. The maximum atomic E-state index is 5.23. The van der Waals surface area contributed by atoms with E-state index >= 15 is 0 Å². The molecule has 1 N–H and O–H groups in total. The Morgan fingerprint density at radius 1 is 1.22 bits per heavy atom. The van der Waals surface area contributed by atoms with Gasteiger partial charge >= 0.3 is 0 Å². The third-order valence-electron chi connectivity index (χ3n) is 1.30. The second kappa shape index (κ2) is 4.09. The van der Waals surface area contributed by atoms with Crippen molar-refractivity contribution in [2.24, 2.45) is 0 Å². The number of morpholine rings is 1. The predicted molar refractivity (Wildman–Crippen MR) is 40.1 cm³/mol. The molecule has 1 aliphatic rings. The van der Waals surface area contributed by atoms with Crippen LogP contribution in [0.1, 0.15) is 13.8 Å². The number of halogens is 1. The summed E-state index contributed by atoms with van der Waals surface area (Å²) in [4.78, 5) is 0. The monoisotopic (exact) mass is 151 g/mol. The molecule has 9 heavy (non-hydrogen) atoms. The van der Waals surface area contributed by atoms with Crippen LogP contribution in [0, 0.1) is 0 Å². The Hall–Kier alpha value is 0.210. The van der Waals surface area contributed by atoms with E-state index in [0.29, 0.717) is 12.1 Å². The van der Waals surface area contributed by atoms with Gasteiger partial charge in [-0.1, -0.05) is 0 Å². The Morgan fingerprint density at radius 2 is 1.67 bits per heavy atom. The molecule has 2 atom stereocenters. The Labute approximate surface area is 62.4 Å². The number of hydrogen-bond acceptors (Lipinski definition) is 2. The zero-order chi connectivity index (χ0) is 5.98. The fourth-order valence-corrected chi connectivity index (χ4v) is 1.00. The molecule has 0 bridgehead atoms. The van der Waals surface area contributed by atoms with Crippen LogP contribution in [-0.4, -0.2) is 25.3 Å². The van der Waals surface area contributed by atoms with Crippen LogP contribution < -0.4 is 5.32 Å². The van der Waals surface area contributed by atoms with Crippen molar-refractivity contribution in [2.75, 3.05) is 13.2 Å². The van der Waals surface area contributed by atoms with E-state index in [9.17, 15) is 0 Å². The minimum atomic E-state index is 0. The summed E-state index contributed by atoms with van der Waals surface area (Å²) >= 11 is 0. The van der Waals surface area contributed by atoms with Crippen molar-refractivity contribution in [2.45, 2.75) is 25.9 Å². The van der Waals surface area contributed by atoms with Crippen LogP contribution in [0.15, 0.2) is 0 Å². The van der Waals surface area contributed by atoms with E-state index < -0.39 is 0 Å². The van der Waals surface area contributed by atoms with Gasteiger partial charge < -0.3 is 10.1 Å². The lowest BCUT2D eigenvalue weighted by Crippen LogP contribution is -2.45. The zero-order valence-corrected chi connectivity index (χ0v) is 6.70. The lowest BCUT2D eigenvalue weighted by atomic mass is 10.2. The molecule has 1 fully saturated rings. The minimum Gasteiger partial charge on any atom is -0.378 e. The molecule has 0 radical (unpaired) electrons. The highest BCUT2D eigenvalue weighted by Crippen LogP contribution is 1.96. The largest absolute Gasteiger partial charge is 0.378 e. The Morgan fingerprint density at radius 3 is 1.89 bits per heavy atom. The van der Waals surface area contributed by atoms with E-state index in [1.54, 1.807) is 0 Å². The summed E-state index contributed by atoms with van der Waals surface area (Å²) in [5, 5.41) is 3.35. The molecular formula is C6H14ClNO. The van der Waals surface area contributed by atoms with Crippen molar-refractivity contribution in [3.63, 3.8) is 0 Å². The fourth-order valence-electron chi connectivity index (χ4n) is 1.00. The third kappa shape index (κ3) is 3.04. The Bertz CT molecular complexity index is 71.5. The van der Waals surface area contributed by atoms with E-state index in [0.717, 1.165) is 13.2 Å². The highest BCUT2D eigenvalue weighted by molar-refractivity contribution is 5.85. The molecule has 1 heterocycles. The minimum absolute atomic E-state index is 0. The van der Waals surface area contributed by atoms with Crippen LogP contribution in [0.4, 0.5) is 0 Å². The molecular weight excluding hydrogens is 138 g/mol. The summed E-state index contributed by atoms with van der Waals surface area (Å²) in [5.74, 6) is 0. The molecule has 0 aliphatic carbocycles. The topological polar surface area (TPSA) is 21.3 Å². The average molecular weight is 152 g/mol. The van der Waals surface area contributed by atoms with Gasteiger partial charge in [0.2, 0.25) is 0 Å². The standard InChI is InChI=1S/C6H13NO.ClH/c1-5-3-8-4-6(2)7-5;/h5-7H,3-4H2,1-2H3;1H/t5-,6-;/m0./s1. The van der Waals surface area contributed by atoms with Gasteiger partial charge in [0.1, 0.15) is 0 Å². The smallest absolute Gasteiger partial charge is 0.0617 e. The second-order valence-corrected chi connectivity index (χ2v) is 2.51. The van der Waals surface area contributed by atoms with Gasteiger partial charge in [-0.25, -0.2) is 0 Å². The first kappa shape index (κ1) is 9.21. The summed E-state index contributed by atoms with van der Waals surface area (Å²) in [6, 6.07) is 1.08. The van der Waals surface area contributed by atoms with Gasteiger partial charge in [-0.3, -0.25) is 0 Å². The first-order chi connectivity index (χ1) is 3.79. The molecule has 0 aromatic rings. The molecule has 1 rings (SSSR count). The molecule has 0 aromatic heterocycles. The lowest BCUT2D eigenvalue weighted by molar-refractivity contribution is 0.0560. The molecule has 56 valence electrons. The van der Waals surface area contributed by atoms with E-state index in [1.807, 2.05) is 0 Å². The van der Waals surface area contributed by atoms with Gasteiger partial charge in [-0.15, -0.1) is 12.4 Å². The van der Waals surface area contributed by atoms with Crippen molar-refractivity contribution in [3.05, 3.63) is 0 Å². The fraction of sp³-hybridized carbons (Fsp3) is 1.00. The first-order valence-electron chi connectivity index (χ1n) is 3.13. The third-order valence-corrected chi connectivity index (χ3v) is 1.30. The molecule has 1 aliphatic heterocycles. The van der Waals surface area contributed by atoms with Crippen molar-refractivity contribution in [3.8, 4) is 0 Å².